The lowest BCUT2D eigenvalue weighted by molar-refractivity contribution is -0.384. The van der Waals surface area contributed by atoms with E-state index in [1.54, 1.807) is 21.9 Å². The number of nitrogens with one attached hydrogen (secondary N) is 1. The summed E-state index contributed by atoms with van der Waals surface area (Å²) < 4.78 is 0. The minimum Gasteiger partial charge on any atom is -0.368 e. The summed E-state index contributed by atoms with van der Waals surface area (Å²) in [5, 5.41) is 13.8. The lowest BCUT2D eigenvalue weighted by atomic mass is 10.1. The quantitative estimate of drug-likeness (QED) is 0.586. The van der Waals surface area contributed by atoms with Crippen LogP contribution >= 0.6 is 0 Å². The smallest absolute Gasteiger partial charge is 0.317 e. The number of carbonyl (C=O) groups is 2. The fraction of sp³-hybridized carbons (Fsp3) is 0.391. The molecular formula is C23H27N5O4. The highest BCUT2D eigenvalue weighted by molar-refractivity contribution is 5.97. The molecule has 2 fully saturated rings. The van der Waals surface area contributed by atoms with E-state index in [4.69, 9.17) is 0 Å². The van der Waals surface area contributed by atoms with Gasteiger partial charge in [0.05, 0.1) is 11.0 Å². The van der Waals surface area contributed by atoms with Gasteiger partial charge in [0.25, 0.3) is 5.69 Å². The predicted octanol–water partition coefficient (Wildman–Crippen LogP) is 2.85. The highest BCUT2D eigenvalue weighted by Gasteiger charge is 2.33. The van der Waals surface area contributed by atoms with Gasteiger partial charge in [-0.05, 0) is 49.2 Å². The molecule has 0 saturated carbocycles. The first kappa shape index (κ1) is 21.6. The first-order valence-corrected chi connectivity index (χ1v) is 10.7. The van der Waals surface area contributed by atoms with Gasteiger partial charge in [0.2, 0.25) is 5.91 Å². The standard InChI is InChI=1S/C23H27N5O4/c1-16-3-4-21(13-17(16)2)27-15-18(14-22(27)29)24-23(30)26-11-9-25(10-12-26)19-5-7-20(8-6-19)28(31)32/h3-8,13,18H,9-12,14-15H2,1-2H3,(H,24,30). The summed E-state index contributed by atoms with van der Waals surface area (Å²) in [6.07, 6.45) is 0.293. The normalized spacial score (nSPS) is 18.8. The average molecular weight is 438 g/mol. The van der Waals surface area contributed by atoms with Gasteiger partial charge in [0, 0.05) is 62.7 Å². The Morgan fingerprint density at radius 3 is 2.28 bits per heavy atom. The number of non-ortho nitro benzene ring substituents is 1. The van der Waals surface area contributed by atoms with Gasteiger partial charge in [-0.25, -0.2) is 4.79 Å². The fourth-order valence-corrected chi connectivity index (χ4v) is 4.17. The van der Waals surface area contributed by atoms with Gasteiger partial charge in [-0.2, -0.15) is 0 Å². The maximum absolute atomic E-state index is 12.8. The second-order valence-corrected chi connectivity index (χ2v) is 8.37. The van der Waals surface area contributed by atoms with Gasteiger partial charge < -0.3 is 20.0 Å². The third-order valence-electron chi connectivity index (χ3n) is 6.25. The van der Waals surface area contributed by atoms with Crippen LogP contribution in [0.25, 0.3) is 0 Å². The molecule has 0 aromatic heterocycles. The van der Waals surface area contributed by atoms with Crippen molar-refractivity contribution in [2.24, 2.45) is 0 Å². The zero-order valence-corrected chi connectivity index (χ0v) is 18.3. The van der Waals surface area contributed by atoms with Crippen molar-refractivity contribution in [3.8, 4) is 0 Å². The van der Waals surface area contributed by atoms with E-state index in [1.807, 2.05) is 32.0 Å². The van der Waals surface area contributed by atoms with Crippen LogP contribution < -0.4 is 15.1 Å². The van der Waals surface area contributed by atoms with Crippen LogP contribution in [-0.4, -0.2) is 60.5 Å². The molecule has 9 nitrogen and oxygen atoms in total. The number of rotatable bonds is 4. The molecule has 2 heterocycles. The minimum atomic E-state index is -0.416. The van der Waals surface area contributed by atoms with Crippen molar-refractivity contribution >= 4 is 29.0 Å². The number of urea groups is 1. The molecule has 2 aliphatic rings. The minimum absolute atomic E-state index is 0.0153. The Morgan fingerprint density at radius 1 is 1.00 bits per heavy atom. The number of nitrogens with zero attached hydrogens (tertiary/aromatic N) is 4. The second kappa shape index (κ2) is 8.86. The highest BCUT2D eigenvalue weighted by Crippen LogP contribution is 2.24. The van der Waals surface area contributed by atoms with Crippen LogP contribution in [0.1, 0.15) is 17.5 Å². The molecule has 0 aliphatic carbocycles. The molecule has 4 rings (SSSR count). The molecule has 2 aromatic rings. The largest absolute Gasteiger partial charge is 0.368 e. The third kappa shape index (κ3) is 4.51. The van der Waals surface area contributed by atoms with E-state index in [9.17, 15) is 19.7 Å². The molecule has 0 spiro atoms. The van der Waals surface area contributed by atoms with Crippen LogP contribution in [0.5, 0.6) is 0 Å². The summed E-state index contributed by atoms with van der Waals surface area (Å²) in [4.78, 5) is 41.3. The summed E-state index contributed by atoms with van der Waals surface area (Å²) in [5.74, 6) is 0.0153. The van der Waals surface area contributed by atoms with Gasteiger partial charge in [-0.15, -0.1) is 0 Å². The molecular weight excluding hydrogens is 410 g/mol. The SMILES string of the molecule is Cc1ccc(N2CC(NC(=O)N3CCN(c4ccc([N+](=O)[O-])cc4)CC3)CC2=O)cc1C. The Kier molecular flexibility index (Phi) is 5.98. The van der Waals surface area contributed by atoms with Crippen molar-refractivity contribution in [1.82, 2.24) is 10.2 Å². The predicted molar refractivity (Wildman–Crippen MR) is 122 cm³/mol. The molecule has 2 aromatic carbocycles. The van der Waals surface area contributed by atoms with E-state index in [2.05, 4.69) is 10.2 Å². The maximum atomic E-state index is 12.8. The number of hydrogen-bond donors (Lipinski definition) is 1. The van der Waals surface area contributed by atoms with E-state index in [0.717, 1.165) is 16.9 Å². The highest BCUT2D eigenvalue weighted by atomic mass is 16.6. The average Bonchev–Trinajstić information content (AvgIpc) is 3.15. The number of nitro groups is 1. The number of anilines is 2. The lowest BCUT2D eigenvalue weighted by Gasteiger charge is -2.36. The van der Waals surface area contributed by atoms with Gasteiger partial charge in [-0.1, -0.05) is 6.07 Å². The lowest BCUT2D eigenvalue weighted by Crippen LogP contribution is -2.53. The molecule has 32 heavy (non-hydrogen) atoms. The van der Waals surface area contributed by atoms with E-state index in [0.29, 0.717) is 39.1 Å². The number of amides is 3. The Balaban J connectivity index is 1.30. The van der Waals surface area contributed by atoms with Crippen LogP contribution in [0.4, 0.5) is 21.9 Å². The van der Waals surface area contributed by atoms with E-state index >= 15 is 0 Å². The Labute approximate surface area is 186 Å². The number of piperazine rings is 1. The third-order valence-corrected chi connectivity index (χ3v) is 6.25. The second-order valence-electron chi connectivity index (χ2n) is 8.37. The summed E-state index contributed by atoms with van der Waals surface area (Å²) in [7, 11) is 0. The zero-order chi connectivity index (χ0) is 22.8. The summed E-state index contributed by atoms with van der Waals surface area (Å²) in [5.41, 5.74) is 4.15. The van der Waals surface area contributed by atoms with Crippen molar-refractivity contribution in [3.05, 3.63) is 63.7 Å². The van der Waals surface area contributed by atoms with E-state index in [1.165, 1.54) is 17.7 Å². The molecule has 1 N–H and O–H groups in total. The first-order valence-electron chi connectivity index (χ1n) is 10.7. The molecule has 1 atom stereocenters. The fourth-order valence-electron chi connectivity index (χ4n) is 4.17. The van der Waals surface area contributed by atoms with Crippen LogP contribution in [0.2, 0.25) is 0 Å². The Bertz CT molecular complexity index is 1030. The van der Waals surface area contributed by atoms with Crippen molar-refractivity contribution in [3.63, 3.8) is 0 Å². The molecule has 2 aliphatic heterocycles. The molecule has 168 valence electrons. The van der Waals surface area contributed by atoms with Gasteiger partial charge in [-0.3, -0.25) is 14.9 Å². The zero-order valence-electron chi connectivity index (χ0n) is 18.3. The van der Waals surface area contributed by atoms with Crippen molar-refractivity contribution < 1.29 is 14.5 Å². The first-order chi connectivity index (χ1) is 15.3. The van der Waals surface area contributed by atoms with E-state index < -0.39 is 4.92 Å². The molecule has 0 radical (unpaired) electrons. The van der Waals surface area contributed by atoms with Crippen LogP contribution in [0, 0.1) is 24.0 Å². The van der Waals surface area contributed by atoms with Crippen molar-refractivity contribution in [2.75, 3.05) is 42.5 Å². The molecule has 2 saturated heterocycles. The number of nitro benzene ring substituents is 1. The molecule has 0 bridgehead atoms. The number of aryl methyl sites for hydroxylation is 2. The van der Waals surface area contributed by atoms with Gasteiger partial charge >= 0.3 is 6.03 Å². The van der Waals surface area contributed by atoms with Crippen LogP contribution in [0.15, 0.2) is 42.5 Å². The van der Waals surface area contributed by atoms with Crippen LogP contribution in [-0.2, 0) is 4.79 Å². The number of hydrogen-bond acceptors (Lipinski definition) is 5. The summed E-state index contributed by atoms with van der Waals surface area (Å²) in [6.45, 7) is 6.90. The monoisotopic (exact) mass is 437 g/mol. The Hall–Kier alpha value is -3.62. The van der Waals surface area contributed by atoms with Crippen molar-refractivity contribution in [1.29, 1.82) is 0 Å². The summed E-state index contributed by atoms with van der Waals surface area (Å²) >= 11 is 0. The maximum Gasteiger partial charge on any atom is 0.317 e. The Morgan fingerprint density at radius 2 is 1.66 bits per heavy atom. The molecule has 9 heteroatoms. The summed E-state index contributed by atoms with van der Waals surface area (Å²) in [6, 6.07) is 12.0. The number of carbonyl (C=O) groups excluding carboxylic acids is 2. The van der Waals surface area contributed by atoms with E-state index in [-0.39, 0.29) is 23.7 Å². The van der Waals surface area contributed by atoms with Gasteiger partial charge in [0.15, 0.2) is 0 Å². The van der Waals surface area contributed by atoms with Gasteiger partial charge in [0.1, 0.15) is 0 Å². The van der Waals surface area contributed by atoms with Crippen LogP contribution in [0.3, 0.4) is 0 Å². The molecule has 3 amide bonds. The topological polar surface area (TPSA) is 99.0 Å². The molecule has 1 unspecified atom stereocenters. The number of benzene rings is 2. The van der Waals surface area contributed by atoms with Crippen molar-refractivity contribution in [2.45, 2.75) is 26.3 Å².